The maximum Gasteiger partial charge on any atom is 0.0932 e. The van der Waals surface area contributed by atoms with Gasteiger partial charge in [-0.05, 0) is 18.1 Å². The summed E-state index contributed by atoms with van der Waals surface area (Å²) >= 11 is 1.90. The van der Waals surface area contributed by atoms with Gasteiger partial charge in [-0.3, -0.25) is 4.98 Å². The zero-order valence-corrected chi connectivity index (χ0v) is 5.74. The van der Waals surface area contributed by atoms with Gasteiger partial charge in [-0.25, -0.2) is 0 Å². The maximum atomic E-state index is 3.92. The van der Waals surface area contributed by atoms with Crippen LogP contribution in [0, 0.1) is 6.20 Å². The van der Waals surface area contributed by atoms with Crippen LogP contribution in [0.4, 0.5) is 0 Å². The second kappa shape index (κ2) is 2.03. The molecule has 2 heterocycles. The highest BCUT2D eigenvalue weighted by Crippen LogP contribution is 2.29. The van der Waals surface area contributed by atoms with Crippen molar-refractivity contribution in [3.05, 3.63) is 24.0 Å². The molecule has 45 valence electrons. The van der Waals surface area contributed by atoms with E-state index >= 15 is 0 Å². The van der Waals surface area contributed by atoms with Crippen molar-refractivity contribution in [1.29, 1.82) is 0 Å². The first-order chi connectivity index (χ1) is 4.47. The number of rotatable bonds is 0. The molecule has 0 bridgehead atoms. The van der Waals surface area contributed by atoms with E-state index in [-0.39, 0.29) is 0 Å². The highest BCUT2D eigenvalue weighted by molar-refractivity contribution is 7.99. The van der Waals surface area contributed by atoms with Crippen LogP contribution in [0.15, 0.2) is 17.2 Å². The van der Waals surface area contributed by atoms with E-state index in [1.54, 1.807) is 6.20 Å². The zero-order valence-electron chi connectivity index (χ0n) is 4.92. The normalized spacial score (nSPS) is 15.6. The fraction of sp³-hybridized carbons (Fsp3) is 0.286. The van der Waals surface area contributed by atoms with Gasteiger partial charge in [0, 0.05) is 16.8 Å². The number of nitrogens with zero attached hydrogens (tertiary/aromatic N) is 1. The number of thioether (sulfide) groups is 1. The summed E-state index contributed by atoms with van der Waals surface area (Å²) in [6, 6.07) is 2.06. The smallest absolute Gasteiger partial charge is 0.0932 e. The lowest BCUT2D eigenvalue weighted by molar-refractivity contribution is 1.09. The van der Waals surface area contributed by atoms with Crippen LogP contribution in [-0.4, -0.2) is 10.7 Å². The van der Waals surface area contributed by atoms with Crippen molar-refractivity contribution in [3.63, 3.8) is 0 Å². The van der Waals surface area contributed by atoms with Gasteiger partial charge in [0.25, 0.3) is 0 Å². The van der Waals surface area contributed by atoms with Crippen molar-refractivity contribution >= 4 is 11.8 Å². The minimum atomic E-state index is 1.15. The Balaban J connectivity index is 2.54. The summed E-state index contributed by atoms with van der Waals surface area (Å²) in [6.45, 7) is 0. The van der Waals surface area contributed by atoms with Crippen LogP contribution in [0.1, 0.15) is 5.56 Å². The molecular formula is C7H6NS. The third-order valence-corrected chi connectivity index (χ3v) is 2.51. The third-order valence-electron chi connectivity index (χ3n) is 1.41. The molecule has 0 aromatic carbocycles. The molecule has 1 aliphatic heterocycles. The summed E-state index contributed by atoms with van der Waals surface area (Å²) in [5.74, 6) is 1.21. The Morgan fingerprint density at radius 1 is 1.67 bits per heavy atom. The molecule has 0 amide bonds. The SMILES string of the molecule is [c]1nccc2c1CCS2. The number of hydrogen-bond acceptors (Lipinski definition) is 2. The predicted molar refractivity (Wildman–Crippen MR) is 37.5 cm³/mol. The van der Waals surface area contributed by atoms with Gasteiger partial charge in [0.1, 0.15) is 0 Å². The van der Waals surface area contributed by atoms with Crippen LogP contribution in [-0.2, 0) is 6.42 Å². The molecule has 0 aliphatic carbocycles. The molecule has 0 saturated carbocycles. The van der Waals surface area contributed by atoms with Gasteiger partial charge in [-0.2, -0.15) is 0 Å². The molecule has 0 N–H and O–H groups in total. The van der Waals surface area contributed by atoms with Crippen LogP contribution in [0.3, 0.4) is 0 Å². The molecule has 1 aliphatic rings. The van der Waals surface area contributed by atoms with Crippen LogP contribution in [0.5, 0.6) is 0 Å². The Morgan fingerprint density at radius 3 is 3.56 bits per heavy atom. The lowest BCUT2D eigenvalue weighted by Crippen LogP contribution is -1.80. The van der Waals surface area contributed by atoms with Crippen molar-refractivity contribution in [2.75, 3.05) is 5.75 Å². The Kier molecular flexibility index (Phi) is 1.19. The van der Waals surface area contributed by atoms with Gasteiger partial charge in [0.05, 0.1) is 6.20 Å². The second-order valence-electron chi connectivity index (χ2n) is 2.00. The van der Waals surface area contributed by atoms with Crippen molar-refractivity contribution in [2.24, 2.45) is 0 Å². The molecular weight excluding hydrogens is 130 g/mol. The van der Waals surface area contributed by atoms with Gasteiger partial charge in [-0.1, -0.05) is 0 Å². The summed E-state index contributed by atoms with van der Waals surface area (Å²) in [4.78, 5) is 5.28. The van der Waals surface area contributed by atoms with E-state index in [0.717, 1.165) is 6.42 Å². The maximum absolute atomic E-state index is 3.92. The van der Waals surface area contributed by atoms with Crippen molar-refractivity contribution < 1.29 is 0 Å². The van der Waals surface area contributed by atoms with E-state index in [2.05, 4.69) is 17.2 Å². The zero-order chi connectivity index (χ0) is 6.10. The second-order valence-corrected chi connectivity index (χ2v) is 3.13. The minimum Gasteiger partial charge on any atom is -0.254 e. The molecule has 1 nitrogen and oxygen atoms in total. The lowest BCUT2D eigenvalue weighted by Gasteiger charge is -1.90. The van der Waals surface area contributed by atoms with Gasteiger partial charge >= 0.3 is 0 Å². The van der Waals surface area contributed by atoms with E-state index in [4.69, 9.17) is 0 Å². The summed E-state index contributed by atoms with van der Waals surface area (Å²) in [5, 5.41) is 0. The van der Waals surface area contributed by atoms with Crippen LogP contribution >= 0.6 is 11.8 Å². The van der Waals surface area contributed by atoms with E-state index < -0.39 is 0 Å². The van der Waals surface area contributed by atoms with Crippen LogP contribution in [0.25, 0.3) is 0 Å². The number of pyridine rings is 1. The standard InChI is InChI=1S/C7H6NS/c1-3-8-5-6-2-4-9-7(1)6/h1,3H,2,4H2. The molecule has 1 aromatic rings. The first kappa shape index (κ1) is 5.30. The fourth-order valence-electron chi connectivity index (χ4n) is 0.953. The Labute approximate surface area is 58.5 Å². The number of aryl methyl sites for hydroxylation is 1. The van der Waals surface area contributed by atoms with Gasteiger partial charge in [0.15, 0.2) is 0 Å². The van der Waals surface area contributed by atoms with Crippen molar-refractivity contribution in [1.82, 2.24) is 4.98 Å². The minimum absolute atomic E-state index is 1.15. The average Bonchev–Trinajstić information content (AvgIpc) is 2.33. The van der Waals surface area contributed by atoms with E-state index in [1.807, 2.05) is 11.8 Å². The molecule has 0 unspecified atom stereocenters. The molecule has 9 heavy (non-hydrogen) atoms. The molecule has 2 heteroatoms. The Bertz CT molecular complexity index is 199. The number of hydrogen-bond donors (Lipinski definition) is 0. The van der Waals surface area contributed by atoms with Crippen LogP contribution < -0.4 is 0 Å². The summed E-state index contributed by atoms with van der Waals surface area (Å²) in [7, 11) is 0. The topological polar surface area (TPSA) is 12.9 Å². The first-order valence-corrected chi connectivity index (χ1v) is 3.94. The highest BCUT2D eigenvalue weighted by Gasteiger charge is 2.09. The highest BCUT2D eigenvalue weighted by atomic mass is 32.2. The van der Waals surface area contributed by atoms with Gasteiger partial charge in [-0.15, -0.1) is 11.8 Å². The molecule has 1 radical (unpaired) electrons. The quantitative estimate of drug-likeness (QED) is 0.536. The van der Waals surface area contributed by atoms with Gasteiger partial charge < -0.3 is 0 Å². The lowest BCUT2D eigenvalue weighted by atomic mass is 10.2. The van der Waals surface area contributed by atoms with Crippen molar-refractivity contribution in [3.8, 4) is 0 Å². The molecule has 0 saturated heterocycles. The van der Waals surface area contributed by atoms with Crippen molar-refractivity contribution in [2.45, 2.75) is 11.3 Å². The van der Waals surface area contributed by atoms with E-state index in [1.165, 1.54) is 16.2 Å². The first-order valence-electron chi connectivity index (χ1n) is 2.95. The number of fused-ring (bicyclic) bond motifs is 1. The molecule has 0 spiro atoms. The Hall–Kier alpha value is -0.500. The fourth-order valence-corrected chi connectivity index (χ4v) is 1.96. The predicted octanol–water partition coefficient (Wildman–Crippen LogP) is 1.53. The summed E-state index contributed by atoms with van der Waals surface area (Å²) in [5.41, 5.74) is 1.29. The monoisotopic (exact) mass is 136 g/mol. The van der Waals surface area contributed by atoms with E-state index in [9.17, 15) is 0 Å². The molecule has 0 fully saturated rings. The molecule has 1 aromatic heterocycles. The third kappa shape index (κ3) is 0.833. The largest absolute Gasteiger partial charge is 0.254 e. The molecule has 0 atom stereocenters. The summed E-state index contributed by atoms with van der Waals surface area (Å²) in [6.07, 6.45) is 5.93. The Morgan fingerprint density at radius 2 is 2.67 bits per heavy atom. The summed E-state index contributed by atoms with van der Waals surface area (Å²) < 4.78 is 0. The number of aromatic nitrogens is 1. The molecule has 2 rings (SSSR count). The average molecular weight is 136 g/mol. The van der Waals surface area contributed by atoms with Gasteiger partial charge in [0.2, 0.25) is 0 Å². The van der Waals surface area contributed by atoms with Crippen LogP contribution in [0.2, 0.25) is 0 Å². The van der Waals surface area contributed by atoms with E-state index in [0.29, 0.717) is 0 Å².